The number of aryl methyl sites for hydroxylation is 2. The molecule has 20 heavy (non-hydrogen) atoms. The molecule has 1 atom stereocenters. The molecule has 1 unspecified atom stereocenters. The number of nitrogens with two attached hydrogens (primary N) is 1. The van der Waals surface area contributed by atoms with E-state index in [2.05, 4.69) is 12.2 Å². The van der Waals surface area contributed by atoms with Gasteiger partial charge in [0.15, 0.2) is 0 Å². The summed E-state index contributed by atoms with van der Waals surface area (Å²) in [4.78, 5) is 1.26. The first-order valence-corrected chi connectivity index (χ1v) is 6.90. The van der Waals surface area contributed by atoms with Gasteiger partial charge >= 0.3 is 6.18 Å². The molecule has 2 rings (SSSR count). The standard InChI is InChI=1S/C14H17F3N2S/c1-9-4-5-12-10(7-9)3-2-6-19(12)8-11(13(18)20)14(15,16)17/h4-5,7,11H,2-3,6,8H2,1H3,(H2,18,20). The molecule has 0 bridgehead atoms. The van der Waals surface area contributed by atoms with Crippen molar-refractivity contribution in [1.82, 2.24) is 0 Å². The second-order valence-corrected chi connectivity index (χ2v) is 5.65. The summed E-state index contributed by atoms with van der Waals surface area (Å²) in [6, 6.07) is 5.84. The lowest BCUT2D eigenvalue weighted by atomic mass is 9.98. The molecule has 1 aliphatic heterocycles. The average molecular weight is 302 g/mol. The van der Waals surface area contributed by atoms with Crippen LogP contribution in [0.15, 0.2) is 18.2 Å². The van der Waals surface area contributed by atoms with Crippen LogP contribution in [0.5, 0.6) is 0 Å². The van der Waals surface area contributed by atoms with E-state index in [-0.39, 0.29) is 6.54 Å². The fraction of sp³-hybridized carbons (Fsp3) is 0.500. The molecule has 1 aromatic carbocycles. The van der Waals surface area contributed by atoms with Crippen molar-refractivity contribution in [2.24, 2.45) is 11.7 Å². The Morgan fingerprint density at radius 2 is 2.15 bits per heavy atom. The maximum atomic E-state index is 13.0. The molecule has 0 amide bonds. The maximum absolute atomic E-state index is 13.0. The van der Waals surface area contributed by atoms with Crippen LogP contribution < -0.4 is 10.6 Å². The first kappa shape index (κ1) is 15.1. The van der Waals surface area contributed by atoms with E-state index in [1.807, 2.05) is 25.1 Å². The Morgan fingerprint density at radius 3 is 2.75 bits per heavy atom. The van der Waals surface area contributed by atoms with Crippen LogP contribution in [-0.4, -0.2) is 24.3 Å². The third-order valence-electron chi connectivity index (χ3n) is 3.59. The molecule has 0 saturated heterocycles. The SMILES string of the molecule is Cc1ccc2c(c1)CCCN2CC(C(N)=S)C(F)(F)F. The number of halogens is 3. The van der Waals surface area contributed by atoms with Gasteiger partial charge in [-0.1, -0.05) is 29.9 Å². The van der Waals surface area contributed by atoms with Gasteiger partial charge in [0.2, 0.25) is 0 Å². The number of hydrogen-bond donors (Lipinski definition) is 1. The van der Waals surface area contributed by atoms with E-state index in [9.17, 15) is 13.2 Å². The average Bonchev–Trinajstić information content (AvgIpc) is 2.33. The molecule has 1 aromatic rings. The van der Waals surface area contributed by atoms with E-state index < -0.39 is 17.1 Å². The maximum Gasteiger partial charge on any atom is 0.399 e. The Kier molecular flexibility index (Phi) is 4.22. The van der Waals surface area contributed by atoms with Crippen molar-refractivity contribution in [3.63, 3.8) is 0 Å². The molecule has 2 nitrogen and oxygen atoms in total. The van der Waals surface area contributed by atoms with Gasteiger partial charge in [-0.05, 0) is 31.4 Å². The first-order valence-electron chi connectivity index (χ1n) is 6.49. The smallest absolute Gasteiger partial charge is 0.393 e. The van der Waals surface area contributed by atoms with Crippen LogP contribution in [0.25, 0.3) is 0 Å². The predicted octanol–water partition coefficient (Wildman–Crippen LogP) is 3.21. The third-order valence-corrected chi connectivity index (χ3v) is 3.88. The molecule has 110 valence electrons. The van der Waals surface area contributed by atoms with Crippen molar-refractivity contribution in [2.45, 2.75) is 25.9 Å². The summed E-state index contributed by atoms with van der Waals surface area (Å²) in [7, 11) is 0. The Labute approximate surface area is 121 Å². The van der Waals surface area contributed by atoms with Crippen molar-refractivity contribution in [3.8, 4) is 0 Å². The molecule has 0 saturated carbocycles. The minimum Gasteiger partial charge on any atom is -0.393 e. The van der Waals surface area contributed by atoms with Crippen LogP contribution >= 0.6 is 12.2 Å². The minimum absolute atomic E-state index is 0.200. The van der Waals surface area contributed by atoms with E-state index in [0.717, 1.165) is 29.7 Å². The van der Waals surface area contributed by atoms with E-state index in [4.69, 9.17) is 5.73 Å². The first-order chi connectivity index (χ1) is 9.29. The van der Waals surface area contributed by atoms with Crippen LogP contribution in [-0.2, 0) is 6.42 Å². The Hall–Kier alpha value is -1.30. The molecule has 1 heterocycles. The van der Waals surface area contributed by atoms with Gasteiger partial charge in [0.25, 0.3) is 0 Å². The highest BCUT2D eigenvalue weighted by molar-refractivity contribution is 7.80. The zero-order chi connectivity index (χ0) is 14.9. The molecule has 0 radical (unpaired) electrons. The molecule has 0 spiro atoms. The summed E-state index contributed by atoms with van der Waals surface area (Å²) in [5.74, 6) is -1.76. The molecule has 1 aliphatic rings. The lowest BCUT2D eigenvalue weighted by Gasteiger charge is -2.34. The normalized spacial score (nSPS) is 16.7. The van der Waals surface area contributed by atoms with Crippen molar-refractivity contribution in [3.05, 3.63) is 29.3 Å². The van der Waals surface area contributed by atoms with Crippen molar-refractivity contribution < 1.29 is 13.2 Å². The second kappa shape index (κ2) is 5.60. The zero-order valence-corrected chi connectivity index (χ0v) is 12.0. The topological polar surface area (TPSA) is 29.3 Å². The van der Waals surface area contributed by atoms with Crippen LogP contribution in [0.4, 0.5) is 18.9 Å². The monoisotopic (exact) mass is 302 g/mol. The number of anilines is 1. The fourth-order valence-corrected chi connectivity index (χ4v) is 2.78. The van der Waals surface area contributed by atoms with Gasteiger partial charge in [0.1, 0.15) is 5.92 Å². The Balaban J connectivity index is 2.25. The molecule has 2 N–H and O–H groups in total. The summed E-state index contributed by atoms with van der Waals surface area (Å²) in [5, 5.41) is 0. The van der Waals surface area contributed by atoms with Gasteiger partial charge in [-0.2, -0.15) is 13.2 Å². The summed E-state index contributed by atoms with van der Waals surface area (Å²) >= 11 is 4.58. The van der Waals surface area contributed by atoms with Crippen molar-refractivity contribution >= 4 is 22.9 Å². The summed E-state index contributed by atoms with van der Waals surface area (Å²) in [5.41, 5.74) is 8.35. The number of hydrogen-bond acceptors (Lipinski definition) is 2. The highest BCUT2D eigenvalue weighted by Gasteiger charge is 2.43. The fourth-order valence-electron chi connectivity index (χ4n) is 2.57. The van der Waals surface area contributed by atoms with E-state index >= 15 is 0 Å². The molecular weight excluding hydrogens is 285 g/mol. The third kappa shape index (κ3) is 3.23. The Morgan fingerprint density at radius 1 is 1.45 bits per heavy atom. The van der Waals surface area contributed by atoms with Gasteiger partial charge in [-0.15, -0.1) is 0 Å². The molecule has 0 aromatic heterocycles. The van der Waals surface area contributed by atoms with Gasteiger partial charge in [-0.3, -0.25) is 0 Å². The number of alkyl halides is 3. The number of fused-ring (bicyclic) bond motifs is 1. The van der Waals surface area contributed by atoms with Crippen molar-refractivity contribution in [1.29, 1.82) is 0 Å². The van der Waals surface area contributed by atoms with Crippen molar-refractivity contribution in [2.75, 3.05) is 18.0 Å². The molecule has 0 fully saturated rings. The number of benzene rings is 1. The molecule has 6 heteroatoms. The van der Waals surface area contributed by atoms with Crippen LogP contribution in [0, 0.1) is 12.8 Å². The Bertz CT molecular complexity index is 514. The molecule has 0 aliphatic carbocycles. The predicted molar refractivity (Wildman–Crippen MR) is 78.0 cm³/mol. The van der Waals surface area contributed by atoms with Gasteiger partial charge in [-0.25, -0.2) is 0 Å². The van der Waals surface area contributed by atoms with E-state index in [0.29, 0.717) is 6.54 Å². The van der Waals surface area contributed by atoms with E-state index in [1.165, 1.54) is 0 Å². The lowest BCUT2D eigenvalue weighted by Crippen LogP contribution is -2.45. The quantitative estimate of drug-likeness (QED) is 0.869. The summed E-state index contributed by atoms with van der Waals surface area (Å²) < 4.78 is 38.9. The highest BCUT2D eigenvalue weighted by Crippen LogP contribution is 2.32. The van der Waals surface area contributed by atoms with Crippen LogP contribution in [0.3, 0.4) is 0 Å². The van der Waals surface area contributed by atoms with Gasteiger partial charge < -0.3 is 10.6 Å². The number of rotatable bonds is 3. The van der Waals surface area contributed by atoms with Gasteiger partial charge in [0, 0.05) is 18.8 Å². The zero-order valence-electron chi connectivity index (χ0n) is 11.2. The van der Waals surface area contributed by atoms with Crippen LogP contribution in [0.2, 0.25) is 0 Å². The number of nitrogens with zero attached hydrogens (tertiary/aromatic N) is 1. The highest BCUT2D eigenvalue weighted by atomic mass is 32.1. The van der Waals surface area contributed by atoms with E-state index in [1.54, 1.807) is 4.90 Å². The largest absolute Gasteiger partial charge is 0.399 e. The molecular formula is C14H17F3N2S. The van der Waals surface area contributed by atoms with Gasteiger partial charge in [0.05, 0.1) is 4.99 Å². The minimum atomic E-state index is -4.39. The number of thiocarbonyl (C=S) groups is 1. The second-order valence-electron chi connectivity index (χ2n) is 5.18. The summed E-state index contributed by atoms with van der Waals surface area (Å²) in [6.45, 7) is 2.38. The lowest BCUT2D eigenvalue weighted by molar-refractivity contribution is -0.152. The van der Waals surface area contributed by atoms with Crippen LogP contribution in [0.1, 0.15) is 17.5 Å². The summed E-state index contributed by atoms with van der Waals surface area (Å²) in [6.07, 6.45) is -2.65.